The van der Waals surface area contributed by atoms with Gasteiger partial charge in [-0.1, -0.05) is 38.1 Å². The number of likely N-dealkylation sites (tertiary alicyclic amines) is 1. The molecule has 1 amide bonds. The second-order valence-electron chi connectivity index (χ2n) is 8.15. The van der Waals surface area contributed by atoms with Crippen molar-refractivity contribution < 1.29 is 4.79 Å². The van der Waals surface area contributed by atoms with Crippen molar-refractivity contribution in [3.05, 3.63) is 35.4 Å². The number of rotatable bonds is 12. The minimum absolute atomic E-state index is 0.274. The standard InChI is InChI=1S/C24H41N5O/c1-5-25-24(27-20(4)10-8-16-28(6-2)7-3)26-18-21-12-14-22(15-13-21)19-29-17-9-11-23(29)30/h12-15,20H,5-11,16-19H2,1-4H3,(H2,25,26,27). The van der Waals surface area contributed by atoms with E-state index in [1.54, 1.807) is 0 Å². The Kier molecular flexibility index (Phi) is 10.7. The molecular formula is C24H41N5O. The van der Waals surface area contributed by atoms with Crippen molar-refractivity contribution in [1.82, 2.24) is 20.4 Å². The molecule has 0 aromatic heterocycles. The first kappa shape index (κ1) is 24.2. The Hall–Kier alpha value is -2.08. The Balaban J connectivity index is 1.82. The first-order chi connectivity index (χ1) is 14.5. The summed E-state index contributed by atoms with van der Waals surface area (Å²) < 4.78 is 0. The zero-order chi connectivity index (χ0) is 21.8. The molecule has 6 heteroatoms. The molecule has 0 radical (unpaired) electrons. The van der Waals surface area contributed by atoms with Crippen LogP contribution >= 0.6 is 0 Å². The minimum Gasteiger partial charge on any atom is -0.357 e. The van der Waals surface area contributed by atoms with E-state index < -0.39 is 0 Å². The summed E-state index contributed by atoms with van der Waals surface area (Å²) in [6.07, 6.45) is 4.00. The van der Waals surface area contributed by atoms with Crippen LogP contribution in [0.3, 0.4) is 0 Å². The van der Waals surface area contributed by atoms with Crippen molar-refractivity contribution in [3.63, 3.8) is 0 Å². The van der Waals surface area contributed by atoms with Gasteiger partial charge in [0.1, 0.15) is 0 Å². The van der Waals surface area contributed by atoms with Gasteiger partial charge in [0.15, 0.2) is 5.96 Å². The molecular weight excluding hydrogens is 374 g/mol. The van der Waals surface area contributed by atoms with E-state index in [0.29, 0.717) is 19.0 Å². The monoisotopic (exact) mass is 415 g/mol. The van der Waals surface area contributed by atoms with Crippen LogP contribution in [0.4, 0.5) is 0 Å². The van der Waals surface area contributed by atoms with Crippen molar-refractivity contribution in [1.29, 1.82) is 0 Å². The Bertz CT molecular complexity index is 654. The van der Waals surface area contributed by atoms with E-state index in [4.69, 9.17) is 4.99 Å². The van der Waals surface area contributed by atoms with Crippen LogP contribution in [0.15, 0.2) is 29.3 Å². The molecule has 1 aliphatic heterocycles. The van der Waals surface area contributed by atoms with Crippen LogP contribution in [0.2, 0.25) is 0 Å². The number of carbonyl (C=O) groups excluding carboxylic acids is 1. The molecule has 2 rings (SSSR count). The van der Waals surface area contributed by atoms with Gasteiger partial charge in [-0.3, -0.25) is 4.79 Å². The molecule has 1 unspecified atom stereocenters. The summed E-state index contributed by atoms with van der Waals surface area (Å²) in [7, 11) is 0. The molecule has 1 saturated heterocycles. The van der Waals surface area contributed by atoms with Gasteiger partial charge in [-0.25, -0.2) is 4.99 Å². The van der Waals surface area contributed by atoms with Crippen molar-refractivity contribution >= 4 is 11.9 Å². The lowest BCUT2D eigenvalue weighted by Crippen LogP contribution is -2.42. The zero-order valence-electron chi connectivity index (χ0n) is 19.4. The maximum atomic E-state index is 11.8. The predicted molar refractivity (Wildman–Crippen MR) is 126 cm³/mol. The Morgan fingerprint density at radius 2 is 1.87 bits per heavy atom. The SMILES string of the molecule is CCNC(=NCc1ccc(CN2CCCC2=O)cc1)NC(C)CCCN(CC)CC. The summed E-state index contributed by atoms with van der Waals surface area (Å²) in [5.41, 5.74) is 2.36. The summed E-state index contributed by atoms with van der Waals surface area (Å²) in [5, 5.41) is 6.89. The summed E-state index contributed by atoms with van der Waals surface area (Å²) in [6.45, 7) is 15.3. The van der Waals surface area contributed by atoms with E-state index in [1.807, 2.05) is 4.90 Å². The van der Waals surface area contributed by atoms with Crippen LogP contribution in [0.1, 0.15) is 64.5 Å². The van der Waals surface area contributed by atoms with E-state index in [2.05, 4.69) is 67.5 Å². The van der Waals surface area contributed by atoms with Crippen molar-refractivity contribution in [2.75, 3.05) is 32.7 Å². The first-order valence-electron chi connectivity index (χ1n) is 11.7. The van der Waals surface area contributed by atoms with Crippen LogP contribution in [0.5, 0.6) is 0 Å². The molecule has 0 spiro atoms. The Labute approximate surface area is 183 Å². The topological polar surface area (TPSA) is 60.0 Å². The molecule has 1 fully saturated rings. The average molecular weight is 416 g/mol. The molecule has 0 aliphatic carbocycles. The summed E-state index contributed by atoms with van der Waals surface area (Å²) in [4.78, 5) is 21.0. The third-order valence-electron chi connectivity index (χ3n) is 5.72. The van der Waals surface area contributed by atoms with E-state index in [1.165, 1.54) is 17.5 Å². The van der Waals surface area contributed by atoms with Crippen LogP contribution in [0, 0.1) is 0 Å². The van der Waals surface area contributed by atoms with Gasteiger partial charge in [0, 0.05) is 32.1 Å². The molecule has 1 aromatic carbocycles. The van der Waals surface area contributed by atoms with Gasteiger partial charge < -0.3 is 20.4 Å². The Morgan fingerprint density at radius 3 is 2.47 bits per heavy atom. The van der Waals surface area contributed by atoms with Gasteiger partial charge in [-0.05, 0) is 63.9 Å². The fourth-order valence-corrected chi connectivity index (χ4v) is 3.80. The lowest BCUT2D eigenvalue weighted by Gasteiger charge is -2.21. The van der Waals surface area contributed by atoms with Gasteiger partial charge in [0.05, 0.1) is 6.54 Å². The lowest BCUT2D eigenvalue weighted by molar-refractivity contribution is -0.128. The number of hydrogen-bond acceptors (Lipinski definition) is 3. The highest BCUT2D eigenvalue weighted by molar-refractivity contribution is 5.80. The molecule has 6 nitrogen and oxygen atoms in total. The number of carbonyl (C=O) groups is 1. The lowest BCUT2D eigenvalue weighted by atomic mass is 10.1. The third-order valence-corrected chi connectivity index (χ3v) is 5.72. The van der Waals surface area contributed by atoms with Crippen molar-refractivity contribution in [2.24, 2.45) is 4.99 Å². The van der Waals surface area contributed by atoms with Crippen LogP contribution < -0.4 is 10.6 Å². The number of benzene rings is 1. The molecule has 0 bridgehead atoms. The smallest absolute Gasteiger partial charge is 0.222 e. The average Bonchev–Trinajstić information content (AvgIpc) is 3.15. The van der Waals surface area contributed by atoms with Gasteiger partial charge >= 0.3 is 0 Å². The molecule has 1 atom stereocenters. The number of hydrogen-bond donors (Lipinski definition) is 2. The van der Waals surface area contributed by atoms with Crippen LogP contribution in [0.25, 0.3) is 0 Å². The quantitative estimate of drug-likeness (QED) is 0.406. The number of amides is 1. The molecule has 30 heavy (non-hydrogen) atoms. The highest BCUT2D eigenvalue weighted by Gasteiger charge is 2.19. The molecule has 168 valence electrons. The highest BCUT2D eigenvalue weighted by Crippen LogP contribution is 2.15. The number of nitrogens with zero attached hydrogens (tertiary/aromatic N) is 3. The number of guanidine groups is 1. The molecule has 0 saturated carbocycles. The van der Waals surface area contributed by atoms with E-state index in [0.717, 1.165) is 58.1 Å². The maximum Gasteiger partial charge on any atom is 0.222 e. The highest BCUT2D eigenvalue weighted by atomic mass is 16.2. The fourth-order valence-electron chi connectivity index (χ4n) is 3.80. The van der Waals surface area contributed by atoms with Gasteiger partial charge in [0.2, 0.25) is 5.91 Å². The summed E-state index contributed by atoms with van der Waals surface area (Å²) >= 11 is 0. The summed E-state index contributed by atoms with van der Waals surface area (Å²) in [6, 6.07) is 8.87. The first-order valence-corrected chi connectivity index (χ1v) is 11.7. The van der Waals surface area contributed by atoms with Gasteiger partial charge in [-0.2, -0.15) is 0 Å². The maximum absolute atomic E-state index is 11.8. The van der Waals surface area contributed by atoms with Crippen molar-refractivity contribution in [2.45, 2.75) is 72.5 Å². The molecule has 1 aromatic rings. The second kappa shape index (κ2) is 13.3. The van der Waals surface area contributed by atoms with Crippen LogP contribution in [-0.4, -0.2) is 60.4 Å². The number of aliphatic imine (C=N–C) groups is 1. The second-order valence-corrected chi connectivity index (χ2v) is 8.15. The van der Waals surface area contributed by atoms with Crippen LogP contribution in [-0.2, 0) is 17.9 Å². The van der Waals surface area contributed by atoms with E-state index in [9.17, 15) is 4.79 Å². The molecule has 1 heterocycles. The largest absolute Gasteiger partial charge is 0.357 e. The van der Waals surface area contributed by atoms with Gasteiger partial charge in [-0.15, -0.1) is 0 Å². The predicted octanol–water partition coefficient (Wildman–Crippen LogP) is 3.37. The molecule has 1 aliphatic rings. The van der Waals surface area contributed by atoms with E-state index >= 15 is 0 Å². The molecule has 2 N–H and O–H groups in total. The fraction of sp³-hybridized carbons (Fsp3) is 0.667. The minimum atomic E-state index is 0.274. The summed E-state index contributed by atoms with van der Waals surface area (Å²) in [5.74, 6) is 1.15. The van der Waals surface area contributed by atoms with Crippen molar-refractivity contribution in [3.8, 4) is 0 Å². The third kappa shape index (κ3) is 8.34. The Morgan fingerprint density at radius 1 is 1.17 bits per heavy atom. The normalized spacial score (nSPS) is 15.7. The van der Waals surface area contributed by atoms with E-state index in [-0.39, 0.29) is 5.91 Å². The zero-order valence-corrected chi connectivity index (χ0v) is 19.4. The number of nitrogens with one attached hydrogen (secondary N) is 2. The van der Waals surface area contributed by atoms with Gasteiger partial charge in [0.25, 0.3) is 0 Å².